The number of nitrogens with one attached hydrogen (secondary N) is 1. The van der Waals surface area contributed by atoms with E-state index in [0.29, 0.717) is 18.4 Å². The van der Waals surface area contributed by atoms with Gasteiger partial charge in [0.2, 0.25) is 0 Å². The Kier molecular flexibility index (Phi) is 8.00. The van der Waals surface area contributed by atoms with Crippen LogP contribution in [0.1, 0.15) is 54.3 Å². The molecule has 0 aromatic heterocycles. The van der Waals surface area contributed by atoms with Gasteiger partial charge in [0.15, 0.2) is 0 Å². The molecule has 0 aromatic carbocycles. The Morgan fingerprint density at radius 1 is 1.31 bits per heavy atom. The number of Topliss-reactive ketones (excluding diaryl/α,β-unsaturated/α-hetero) is 1. The molecule has 0 saturated carbocycles. The monoisotopic (exact) mass is 187 g/mol. The van der Waals surface area contributed by atoms with E-state index in [4.69, 9.17) is 0 Å². The van der Waals surface area contributed by atoms with Gasteiger partial charge in [-0.1, -0.05) is 40.0 Å². The van der Waals surface area contributed by atoms with Crippen LogP contribution in [0.4, 0.5) is 0 Å². The summed E-state index contributed by atoms with van der Waals surface area (Å²) in [6.45, 7) is 6.85. The summed E-state index contributed by atoms with van der Waals surface area (Å²) >= 11 is 0. The Labute approximate surface area is 83.6 Å². The lowest BCUT2D eigenvalue weighted by Gasteiger charge is -2.06. The van der Waals surface area contributed by atoms with E-state index in [1.165, 1.54) is 19.3 Å². The van der Waals surface area contributed by atoms with Gasteiger partial charge >= 0.3 is 0 Å². The van der Waals surface area contributed by atoms with Crippen molar-refractivity contribution in [1.82, 2.24) is 5.32 Å². The number of hydrogen-bond acceptors (Lipinski definition) is 2. The predicted octanol–water partition coefficient (Wildman–Crippen LogP) is 2.77. The highest BCUT2D eigenvalue weighted by atomic mass is 16.1. The second-order valence-electron chi connectivity index (χ2n) is 3.88. The summed E-state index contributed by atoms with van der Waals surface area (Å²) in [5.74, 6) is 0.352. The predicted molar refractivity (Wildman–Crippen MR) is 59.0 cm³/mol. The van der Waals surface area contributed by atoms with E-state index < -0.39 is 0 Å². The summed E-state index contributed by atoms with van der Waals surface area (Å²) in [6.07, 6.45) is 5.50. The van der Waals surface area contributed by atoms with Crippen LogP contribution < -0.4 is 5.32 Å². The molecule has 0 aromatic rings. The van der Waals surface area contributed by atoms with Gasteiger partial charge < -0.3 is 5.32 Å². The van der Waals surface area contributed by atoms with E-state index in [1.807, 2.05) is 0 Å². The van der Waals surface area contributed by atoms with E-state index in [1.54, 1.807) is 0 Å². The molecule has 2 heteroatoms. The van der Waals surface area contributed by atoms with Gasteiger partial charge in [0.1, 0.15) is 5.78 Å². The van der Waals surface area contributed by atoms with Crippen LogP contribution in [0.2, 0.25) is 0 Å². The number of hydrogen-bond donors (Lipinski definition) is 1. The summed E-state index contributed by atoms with van der Waals surface area (Å²) in [5, 5.41) is 3.14. The van der Waals surface area contributed by atoms with Gasteiger partial charge in [-0.05, 0) is 6.42 Å². The highest BCUT2D eigenvalue weighted by Gasteiger charge is 2.01. The number of carbonyl (C=O) groups excluding carboxylic acids is 1. The molecule has 13 heavy (non-hydrogen) atoms. The molecule has 0 spiro atoms. The summed E-state index contributed by atoms with van der Waals surface area (Å²) in [6, 6.07) is 0.416. The third kappa shape index (κ3) is 9.54. The first-order chi connectivity index (χ1) is 6.16. The number of ketones is 1. The molecule has 0 amide bonds. The molecule has 0 fully saturated rings. The summed E-state index contributed by atoms with van der Waals surface area (Å²) in [4.78, 5) is 11.2. The number of rotatable bonds is 8. The maximum atomic E-state index is 11.2. The SMILES string of the molecule is CCCCCCC(=O)CNC(C)C.[HH]. The summed E-state index contributed by atoms with van der Waals surface area (Å²) < 4.78 is 0. The highest BCUT2D eigenvalue weighted by Crippen LogP contribution is 2.02. The second-order valence-corrected chi connectivity index (χ2v) is 3.88. The molecule has 80 valence electrons. The molecule has 0 rings (SSSR count). The zero-order valence-corrected chi connectivity index (χ0v) is 9.23. The van der Waals surface area contributed by atoms with Gasteiger partial charge in [-0.25, -0.2) is 0 Å². The Bertz CT molecular complexity index is 137. The molecule has 2 nitrogen and oxygen atoms in total. The van der Waals surface area contributed by atoms with Gasteiger partial charge in [0.25, 0.3) is 0 Å². The lowest BCUT2D eigenvalue weighted by molar-refractivity contribution is -0.118. The first-order valence-electron chi connectivity index (χ1n) is 5.42. The lowest BCUT2D eigenvalue weighted by atomic mass is 10.1. The fourth-order valence-electron chi connectivity index (χ4n) is 1.16. The zero-order chi connectivity index (χ0) is 10.1. The molecular formula is C11H25NO. The largest absolute Gasteiger partial charge is 0.308 e. The average Bonchev–Trinajstić information content (AvgIpc) is 2.09. The van der Waals surface area contributed by atoms with Crippen molar-refractivity contribution < 1.29 is 6.22 Å². The molecule has 0 aliphatic carbocycles. The Morgan fingerprint density at radius 2 is 2.00 bits per heavy atom. The van der Waals surface area contributed by atoms with Crippen LogP contribution in [0.15, 0.2) is 0 Å². The van der Waals surface area contributed by atoms with Crippen LogP contribution in [0.5, 0.6) is 0 Å². The fraction of sp³-hybridized carbons (Fsp3) is 0.909. The molecule has 1 N–H and O–H groups in total. The van der Waals surface area contributed by atoms with Crippen LogP contribution in [-0.2, 0) is 4.79 Å². The van der Waals surface area contributed by atoms with Gasteiger partial charge in [-0.2, -0.15) is 0 Å². The molecule has 0 unspecified atom stereocenters. The van der Waals surface area contributed by atoms with E-state index >= 15 is 0 Å². The van der Waals surface area contributed by atoms with Crippen LogP contribution >= 0.6 is 0 Å². The molecule has 0 aliphatic heterocycles. The van der Waals surface area contributed by atoms with Crippen molar-refractivity contribution in [3.8, 4) is 0 Å². The highest BCUT2D eigenvalue weighted by molar-refractivity contribution is 5.80. The standard InChI is InChI=1S/C11H23NO.H2/c1-4-5-6-7-8-11(13)9-12-10(2)3;/h10,12H,4-9H2,1-3H3;1H. The maximum Gasteiger partial charge on any atom is 0.146 e. The minimum absolute atomic E-state index is 0. The van der Waals surface area contributed by atoms with Crippen LogP contribution in [0, 0.1) is 0 Å². The summed E-state index contributed by atoms with van der Waals surface area (Å²) in [7, 11) is 0. The normalized spacial score (nSPS) is 10.8. The molecule has 0 radical (unpaired) electrons. The maximum absolute atomic E-state index is 11.2. The smallest absolute Gasteiger partial charge is 0.146 e. The van der Waals surface area contributed by atoms with Gasteiger partial charge in [-0.15, -0.1) is 0 Å². The van der Waals surface area contributed by atoms with Crippen LogP contribution in [-0.4, -0.2) is 18.4 Å². The van der Waals surface area contributed by atoms with Crippen molar-refractivity contribution in [2.75, 3.05) is 6.54 Å². The van der Waals surface area contributed by atoms with E-state index in [-0.39, 0.29) is 1.43 Å². The van der Waals surface area contributed by atoms with Crippen LogP contribution in [0.25, 0.3) is 0 Å². The van der Waals surface area contributed by atoms with Crippen molar-refractivity contribution in [2.45, 2.75) is 58.9 Å². The molecular weight excluding hydrogens is 162 g/mol. The van der Waals surface area contributed by atoms with Crippen LogP contribution in [0.3, 0.4) is 0 Å². The molecule has 0 saturated heterocycles. The lowest BCUT2D eigenvalue weighted by Crippen LogP contribution is -2.28. The van der Waals surface area contributed by atoms with Crippen molar-refractivity contribution in [1.29, 1.82) is 0 Å². The quantitative estimate of drug-likeness (QED) is 0.592. The van der Waals surface area contributed by atoms with E-state index in [9.17, 15) is 4.79 Å². The Hall–Kier alpha value is -0.370. The van der Waals surface area contributed by atoms with Crippen molar-refractivity contribution in [3.05, 3.63) is 0 Å². The Balaban J connectivity index is 0. The minimum atomic E-state index is 0. The van der Waals surface area contributed by atoms with Crippen molar-refractivity contribution >= 4 is 5.78 Å². The topological polar surface area (TPSA) is 29.1 Å². The van der Waals surface area contributed by atoms with Gasteiger partial charge in [0, 0.05) is 13.9 Å². The third-order valence-corrected chi connectivity index (χ3v) is 2.02. The second kappa shape index (κ2) is 8.24. The fourth-order valence-corrected chi connectivity index (χ4v) is 1.16. The number of unbranched alkanes of at least 4 members (excludes halogenated alkanes) is 3. The molecule has 0 heterocycles. The van der Waals surface area contributed by atoms with Crippen molar-refractivity contribution in [2.24, 2.45) is 0 Å². The van der Waals surface area contributed by atoms with Gasteiger partial charge in [-0.3, -0.25) is 4.79 Å². The Morgan fingerprint density at radius 3 is 2.54 bits per heavy atom. The first-order valence-corrected chi connectivity index (χ1v) is 5.42. The van der Waals surface area contributed by atoms with E-state index in [2.05, 4.69) is 26.1 Å². The average molecular weight is 187 g/mol. The molecule has 0 bridgehead atoms. The minimum Gasteiger partial charge on any atom is -0.308 e. The van der Waals surface area contributed by atoms with Gasteiger partial charge in [0.05, 0.1) is 6.54 Å². The first kappa shape index (κ1) is 12.6. The summed E-state index contributed by atoms with van der Waals surface area (Å²) in [5.41, 5.74) is 0. The van der Waals surface area contributed by atoms with Crippen molar-refractivity contribution in [3.63, 3.8) is 0 Å². The zero-order valence-electron chi connectivity index (χ0n) is 9.23. The molecule has 0 atom stereocenters. The van der Waals surface area contributed by atoms with E-state index in [0.717, 1.165) is 12.8 Å². The molecule has 0 aliphatic rings. The third-order valence-electron chi connectivity index (χ3n) is 2.02. The number of carbonyl (C=O) groups is 1.